The lowest BCUT2D eigenvalue weighted by Gasteiger charge is -2.31. The lowest BCUT2D eigenvalue weighted by Crippen LogP contribution is -2.51. The minimum absolute atomic E-state index is 0. The van der Waals surface area contributed by atoms with Crippen LogP contribution in [-0.2, 0) is 11.2 Å². The van der Waals surface area contributed by atoms with E-state index in [2.05, 4.69) is 22.4 Å². The molecule has 2 aromatic heterocycles. The molecule has 0 spiro atoms. The first-order valence-electron chi connectivity index (χ1n) is 7.08. The highest BCUT2D eigenvalue weighted by Crippen LogP contribution is 2.19. The van der Waals surface area contributed by atoms with E-state index in [0.717, 1.165) is 25.2 Å². The van der Waals surface area contributed by atoms with Crippen LogP contribution in [0.5, 0.6) is 0 Å². The number of carbonyl (C=O) groups is 1. The smallest absolute Gasteiger partial charge is 0.227 e. The third-order valence-electron chi connectivity index (χ3n) is 3.52. The van der Waals surface area contributed by atoms with Crippen LogP contribution in [0.1, 0.15) is 19.2 Å². The van der Waals surface area contributed by atoms with Gasteiger partial charge in [0.25, 0.3) is 0 Å². The summed E-state index contributed by atoms with van der Waals surface area (Å²) in [6.07, 6.45) is 0.909. The molecule has 0 aromatic carbocycles. The predicted molar refractivity (Wildman–Crippen MR) is 87.2 cm³/mol. The van der Waals surface area contributed by atoms with Crippen LogP contribution in [0.15, 0.2) is 21.3 Å². The van der Waals surface area contributed by atoms with E-state index in [0.29, 0.717) is 30.6 Å². The Hall–Kier alpha value is -1.44. The summed E-state index contributed by atoms with van der Waals surface area (Å²) in [5.74, 6) is 1.26. The van der Waals surface area contributed by atoms with Crippen LogP contribution < -0.4 is 5.32 Å². The van der Waals surface area contributed by atoms with Gasteiger partial charge in [0.05, 0.1) is 0 Å². The van der Waals surface area contributed by atoms with Gasteiger partial charge < -0.3 is 14.7 Å². The minimum Gasteiger partial charge on any atom is -0.340 e. The molecule has 1 N–H and O–H groups in total. The number of halogens is 1. The van der Waals surface area contributed by atoms with Crippen LogP contribution in [0.2, 0.25) is 0 Å². The molecule has 1 saturated heterocycles. The molecule has 1 atom stereocenters. The summed E-state index contributed by atoms with van der Waals surface area (Å²) in [7, 11) is 0. The summed E-state index contributed by atoms with van der Waals surface area (Å²) >= 11 is 1.59. The van der Waals surface area contributed by atoms with Crippen LogP contribution in [0.3, 0.4) is 0 Å². The Morgan fingerprint density at radius 1 is 1.59 bits per heavy atom. The van der Waals surface area contributed by atoms with Crippen molar-refractivity contribution in [2.45, 2.75) is 25.8 Å². The standard InChI is InChI=1S/C14H18N4O2S.ClH/c1-10-8-18(6-5-15-10)13(19)3-2-12-16-14(17-20-12)11-4-7-21-9-11;/h4,7,9-10,15H,2-3,5-6,8H2,1H3;1H. The quantitative estimate of drug-likeness (QED) is 0.919. The van der Waals surface area contributed by atoms with E-state index in [9.17, 15) is 4.79 Å². The maximum Gasteiger partial charge on any atom is 0.227 e. The third-order valence-corrected chi connectivity index (χ3v) is 4.20. The summed E-state index contributed by atoms with van der Waals surface area (Å²) < 4.78 is 5.21. The van der Waals surface area contributed by atoms with Crippen molar-refractivity contribution in [2.75, 3.05) is 19.6 Å². The SMILES string of the molecule is CC1CN(C(=O)CCc2nc(-c3ccsc3)no2)CCN1.Cl. The molecule has 1 fully saturated rings. The van der Waals surface area contributed by atoms with Crippen molar-refractivity contribution in [3.8, 4) is 11.4 Å². The van der Waals surface area contributed by atoms with Crippen LogP contribution in [0, 0.1) is 0 Å². The Kier molecular flexibility index (Phi) is 5.93. The van der Waals surface area contributed by atoms with Crippen molar-refractivity contribution >= 4 is 29.7 Å². The Morgan fingerprint density at radius 2 is 2.45 bits per heavy atom. The molecule has 120 valence electrons. The molecule has 22 heavy (non-hydrogen) atoms. The van der Waals surface area contributed by atoms with Gasteiger partial charge in [0, 0.05) is 49.5 Å². The third kappa shape index (κ3) is 4.06. The maximum atomic E-state index is 12.2. The van der Waals surface area contributed by atoms with E-state index >= 15 is 0 Å². The molecule has 0 saturated carbocycles. The highest BCUT2D eigenvalue weighted by atomic mass is 35.5. The molecule has 6 nitrogen and oxygen atoms in total. The van der Waals surface area contributed by atoms with E-state index in [1.54, 1.807) is 11.3 Å². The normalized spacial score (nSPS) is 18.0. The second-order valence-electron chi connectivity index (χ2n) is 5.22. The number of thiophene rings is 1. The zero-order chi connectivity index (χ0) is 14.7. The number of rotatable bonds is 4. The second kappa shape index (κ2) is 7.71. The Labute approximate surface area is 139 Å². The van der Waals surface area contributed by atoms with E-state index in [-0.39, 0.29) is 18.3 Å². The van der Waals surface area contributed by atoms with Crippen LogP contribution >= 0.6 is 23.7 Å². The number of amides is 1. The van der Waals surface area contributed by atoms with Crippen LogP contribution in [0.4, 0.5) is 0 Å². The van der Waals surface area contributed by atoms with Gasteiger partial charge in [-0.1, -0.05) is 5.16 Å². The van der Waals surface area contributed by atoms with E-state index in [4.69, 9.17) is 4.52 Å². The fourth-order valence-electron chi connectivity index (χ4n) is 2.40. The Balaban J connectivity index is 0.00000176. The van der Waals surface area contributed by atoms with Crippen LogP contribution in [-0.4, -0.2) is 46.6 Å². The van der Waals surface area contributed by atoms with Crippen molar-refractivity contribution in [2.24, 2.45) is 0 Å². The van der Waals surface area contributed by atoms with Gasteiger partial charge >= 0.3 is 0 Å². The van der Waals surface area contributed by atoms with Gasteiger partial charge in [0.2, 0.25) is 17.6 Å². The van der Waals surface area contributed by atoms with Gasteiger partial charge in [-0.05, 0) is 18.4 Å². The molecule has 1 aliphatic rings. The largest absolute Gasteiger partial charge is 0.340 e. The van der Waals surface area contributed by atoms with E-state index in [1.165, 1.54) is 0 Å². The number of piperazine rings is 1. The molecule has 1 unspecified atom stereocenters. The maximum absolute atomic E-state index is 12.2. The molecule has 0 bridgehead atoms. The van der Waals surface area contributed by atoms with Crippen molar-refractivity contribution < 1.29 is 9.32 Å². The number of carbonyl (C=O) groups excluding carboxylic acids is 1. The molecule has 1 aliphatic heterocycles. The molecule has 0 aliphatic carbocycles. The molecular formula is C14H19ClN4O2S. The topological polar surface area (TPSA) is 71.3 Å². The summed E-state index contributed by atoms with van der Waals surface area (Å²) in [6.45, 7) is 4.48. The summed E-state index contributed by atoms with van der Waals surface area (Å²) in [6, 6.07) is 2.31. The number of aryl methyl sites for hydroxylation is 1. The number of aromatic nitrogens is 2. The molecule has 0 radical (unpaired) electrons. The van der Waals surface area contributed by atoms with Crippen LogP contribution in [0.25, 0.3) is 11.4 Å². The number of nitrogens with one attached hydrogen (secondary N) is 1. The highest BCUT2D eigenvalue weighted by Gasteiger charge is 2.21. The first-order valence-corrected chi connectivity index (χ1v) is 8.03. The second-order valence-corrected chi connectivity index (χ2v) is 6.00. The highest BCUT2D eigenvalue weighted by molar-refractivity contribution is 7.08. The predicted octanol–water partition coefficient (Wildman–Crippen LogP) is 1.97. The fourth-order valence-corrected chi connectivity index (χ4v) is 3.03. The zero-order valence-corrected chi connectivity index (χ0v) is 14.0. The van der Waals surface area contributed by atoms with E-state index < -0.39 is 0 Å². The van der Waals surface area contributed by atoms with Gasteiger partial charge in [0.1, 0.15) is 0 Å². The fraction of sp³-hybridized carbons (Fsp3) is 0.500. The molecule has 2 aromatic rings. The van der Waals surface area contributed by atoms with Gasteiger partial charge in [-0.2, -0.15) is 16.3 Å². The molecule has 8 heteroatoms. The lowest BCUT2D eigenvalue weighted by atomic mass is 10.2. The summed E-state index contributed by atoms with van der Waals surface area (Å²) in [5.41, 5.74) is 0.956. The molecular weight excluding hydrogens is 324 g/mol. The van der Waals surface area contributed by atoms with Gasteiger partial charge in [-0.25, -0.2) is 0 Å². The number of nitrogens with zero attached hydrogens (tertiary/aromatic N) is 3. The van der Waals surface area contributed by atoms with Gasteiger partial charge in [-0.3, -0.25) is 4.79 Å². The number of hydrogen-bond donors (Lipinski definition) is 1. The monoisotopic (exact) mass is 342 g/mol. The molecule has 3 heterocycles. The average molecular weight is 343 g/mol. The van der Waals surface area contributed by atoms with E-state index in [1.807, 2.05) is 21.7 Å². The summed E-state index contributed by atoms with van der Waals surface area (Å²) in [4.78, 5) is 18.4. The van der Waals surface area contributed by atoms with Gasteiger partial charge in [-0.15, -0.1) is 12.4 Å². The zero-order valence-electron chi connectivity index (χ0n) is 12.3. The Morgan fingerprint density at radius 3 is 3.18 bits per heavy atom. The van der Waals surface area contributed by atoms with Gasteiger partial charge in [0.15, 0.2) is 0 Å². The minimum atomic E-state index is 0. The Bertz CT molecular complexity index is 602. The lowest BCUT2D eigenvalue weighted by molar-refractivity contribution is -0.132. The molecule has 3 rings (SSSR count). The first-order chi connectivity index (χ1) is 10.2. The first kappa shape index (κ1) is 16.9. The number of hydrogen-bond acceptors (Lipinski definition) is 6. The van der Waals surface area contributed by atoms with Crippen molar-refractivity contribution in [3.63, 3.8) is 0 Å². The van der Waals surface area contributed by atoms with Crippen molar-refractivity contribution in [3.05, 3.63) is 22.7 Å². The summed E-state index contributed by atoms with van der Waals surface area (Å²) in [5, 5.41) is 11.2. The van der Waals surface area contributed by atoms with Crippen molar-refractivity contribution in [1.82, 2.24) is 20.4 Å². The molecule has 1 amide bonds. The average Bonchev–Trinajstić information content (AvgIpc) is 3.15. The van der Waals surface area contributed by atoms with Crippen molar-refractivity contribution in [1.29, 1.82) is 0 Å².